The van der Waals surface area contributed by atoms with Crippen molar-refractivity contribution in [3.8, 4) is 0 Å². The van der Waals surface area contributed by atoms with Crippen molar-refractivity contribution >= 4 is 62.4 Å². The van der Waals surface area contributed by atoms with Gasteiger partial charge in [0.2, 0.25) is 0 Å². The van der Waals surface area contributed by atoms with Gasteiger partial charge in [-0.2, -0.15) is 0 Å². The van der Waals surface area contributed by atoms with Crippen molar-refractivity contribution in [3.05, 3.63) is 103 Å². The summed E-state index contributed by atoms with van der Waals surface area (Å²) in [6, 6.07) is 33.9. The van der Waals surface area contributed by atoms with Crippen LogP contribution in [0.2, 0.25) is 0 Å². The van der Waals surface area contributed by atoms with Crippen molar-refractivity contribution in [2.24, 2.45) is 0 Å². The molecule has 0 saturated heterocycles. The number of halogens is 1. The molecule has 4 aromatic rings. The number of hydrogen-bond acceptors (Lipinski definition) is 4. The topological polar surface area (TPSA) is 35.7 Å². The molecule has 4 aromatic carbocycles. The van der Waals surface area contributed by atoms with Gasteiger partial charge in [0.1, 0.15) is 0 Å². The minimum atomic E-state index is 0.774. The Morgan fingerprint density at radius 2 is 0.848 bits per heavy atom. The number of rotatable bonds is 7. The predicted molar refractivity (Wildman–Crippen MR) is 152 cm³/mol. The Kier molecular flexibility index (Phi) is 7.08. The second-order valence-corrected chi connectivity index (χ2v) is 8.81. The summed E-state index contributed by atoms with van der Waals surface area (Å²) in [4.78, 5) is 6.67. The molecule has 0 amide bonds. The zero-order valence-corrected chi connectivity index (χ0v) is 21.4. The van der Waals surface area contributed by atoms with Gasteiger partial charge in [-0.05, 0) is 91.9 Å². The number of nitrogens with zero attached hydrogens (tertiary/aromatic N) is 3. The first kappa shape index (κ1) is 23.0. The maximum absolute atomic E-state index is 5.82. The molecule has 0 bridgehead atoms. The lowest BCUT2D eigenvalue weighted by molar-refractivity contribution is 1.17. The number of benzene rings is 4. The van der Waals surface area contributed by atoms with Gasteiger partial charge in [0.15, 0.2) is 0 Å². The van der Waals surface area contributed by atoms with E-state index in [2.05, 4.69) is 131 Å². The van der Waals surface area contributed by atoms with Gasteiger partial charge in [0, 0.05) is 53.9 Å². The molecule has 0 aliphatic rings. The van der Waals surface area contributed by atoms with Gasteiger partial charge >= 0.3 is 0 Å². The Morgan fingerprint density at radius 1 is 0.545 bits per heavy atom. The van der Waals surface area contributed by atoms with E-state index in [4.69, 9.17) is 5.73 Å². The molecule has 0 fully saturated rings. The Bertz CT molecular complexity index is 1170. The van der Waals surface area contributed by atoms with E-state index < -0.39 is 0 Å². The van der Waals surface area contributed by atoms with Gasteiger partial charge in [-0.3, -0.25) is 0 Å². The first-order valence-corrected chi connectivity index (χ1v) is 12.4. The van der Waals surface area contributed by atoms with Crippen LogP contribution in [0.4, 0.5) is 39.8 Å². The first-order valence-electron chi connectivity index (χ1n) is 10.9. The molecule has 0 saturated carbocycles. The number of anilines is 7. The minimum Gasteiger partial charge on any atom is -0.399 e. The lowest BCUT2D eigenvalue weighted by Gasteiger charge is -2.25. The standard InChI is InChI=1S/C28H29IN4/c1-21-4-8-27(9-5-21)33(20-29)28-18-16-26(17-19-28)32(3)25-14-12-24(13-15-25)31(2)23-10-6-22(30)7-11-23/h4-19H,20,30H2,1-3H3. The summed E-state index contributed by atoms with van der Waals surface area (Å²) in [5.41, 5.74) is 14.8. The third-order valence-corrected chi connectivity index (χ3v) is 6.60. The van der Waals surface area contributed by atoms with Gasteiger partial charge in [0.25, 0.3) is 0 Å². The predicted octanol–water partition coefficient (Wildman–Crippen LogP) is 7.64. The fourth-order valence-electron chi connectivity index (χ4n) is 3.76. The normalized spacial score (nSPS) is 10.7. The van der Waals surface area contributed by atoms with Crippen molar-refractivity contribution < 1.29 is 0 Å². The van der Waals surface area contributed by atoms with Crippen LogP contribution in [-0.2, 0) is 0 Å². The summed E-state index contributed by atoms with van der Waals surface area (Å²) in [6.45, 7) is 2.12. The Hall–Kier alpha value is -3.19. The lowest BCUT2D eigenvalue weighted by Crippen LogP contribution is -2.15. The first-order chi connectivity index (χ1) is 16.0. The average molecular weight is 548 g/mol. The highest BCUT2D eigenvalue weighted by Crippen LogP contribution is 2.32. The highest BCUT2D eigenvalue weighted by Gasteiger charge is 2.10. The third-order valence-electron chi connectivity index (χ3n) is 5.92. The zero-order chi connectivity index (χ0) is 23.4. The van der Waals surface area contributed by atoms with E-state index in [1.54, 1.807) is 0 Å². The molecule has 0 unspecified atom stereocenters. The van der Waals surface area contributed by atoms with Crippen molar-refractivity contribution in [1.82, 2.24) is 0 Å². The second kappa shape index (κ2) is 10.2. The molecule has 0 atom stereocenters. The monoisotopic (exact) mass is 548 g/mol. The molecule has 0 aliphatic carbocycles. The summed E-state index contributed by atoms with van der Waals surface area (Å²) in [5.74, 6) is 0. The summed E-state index contributed by atoms with van der Waals surface area (Å²) in [7, 11) is 4.17. The molecule has 0 aromatic heterocycles. The van der Waals surface area contributed by atoms with Crippen LogP contribution in [0, 0.1) is 6.92 Å². The maximum atomic E-state index is 5.82. The molecule has 0 heterocycles. The summed E-state index contributed by atoms with van der Waals surface area (Å²) in [6.07, 6.45) is 0. The van der Waals surface area contributed by atoms with Gasteiger partial charge in [-0.1, -0.05) is 40.3 Å². The highest BCUT2D eigenvalue weighted by molar-refractivity contribution is 14.1. The van der Waals surface area contributed by atoms with Crippen LogP contribution in [-0.4, -0.2) is 18.6 Å². The summed E-state index contributed by atoms with van der Waals surface area (Å²) < 4.78 is 0.888. The van der Waals surface area contributed by atoms with E-state index in [1.807, 2.05) is 24.3 Å². The SMILES string of the molecule is Cc1ccc(N(CI)c2ccc(N(C)c3ccc(N(C)c4ccc(N)cc4)cc3)cc2)cc1. The summed E-state index contributed by atoms with van der Waals surface area (Å²) in [5, 5.41) is 0. The van der Waals surface area contributed by atoms with Crippen LogP contribution >= 0.6 is 22.6 Å². The summed E-state index contributed by atoms with van der Waals surface area (Å²) >= 11 is 2.42. The molecule has 4 rings (SSSR count). The Morgan fingerprint density at radius 3 is 1.21 bits per heavy atom. The Balaban J connectivity index is 1.49. The average Bonchev–Trinajstić information content (AvgIpc) is 2.86. The van der Waals surface area contributed by atoms with Crippen molar-refractivity contribution in [2.45, 2.75) is 6.92 Å². The van der Waals surface area contributed by atoms with Gasteiger partial charge < -0.3 is 20.4 Å². The molecule has 0 spiro atoms. The van der Waals surface area contributed by atoms with Gasteiger partial charge in [0.05, 0.1) is 4.55 Å². The van der Waals surface area contributed by atoms with Gasteiger partial charge in [-0.15, -0.1) is 0 Å². The van der Waals surface area contributed by atoms with Crippen LogP contribution in [0.15, 0.2) is 97.1 Å². The number of aryl methyl sites for hydroxylation is 1. The fraction of sp³-hybridized carbons (Fsp3) is 0.143. The van der Waals surface area contributed by atoms with Crippen LogP contribution in [0.5, 0.6) is 0 Å². The number of hydrogen-bond donors (Lipinski definition) is 1. The van der Waals surface area contributed by atoms with Crippen LogP contribution in [0.3, 0.4) is 0 Å². The van der Waals surface area contributed by atoms with E-state index >= 15 is 0 Å². The molecule has 5 heteroatoms. The van der Waals surface area contributed by atoms with E-state index in [9.17, 15) is 0 Å². The lowest BCUT2D eigenvalue weighted by atomic mass is 10.2. The number of nitrogen functional groups attached to an aromatic ring is 1. The zero-order valence-electron chi connectivity index (χ0n) is 19.2. The molecule has 0 radical (unpaired) electrons. The maximum Gasteiger partial charge on any atom is 0.0748 e. The van der Waals surface area contributed by atoms with Gasteiger partial charge in [-0.25, -0.2) is 0 Å². The molecular weight excluding hydrogens is 519 g/mol. The second-order valence-electron chi connectivity index (χ2n) is 8.13. The molecular formula is C28H29IN4. The van der Waals surface area contributed by atoms with Crippen molar-refractivity contribution in [3.63, 3.8) is 0 Å². The van der Waals surface area contributed by atoms with Crippen LogP contribution in [0.25, 0.3) is 0 Å². The fourth-order valence-corrected chi connectivity index (χ4v) is 4.55. The molecule has 168 valence electrons. The molecule has 4 nitrogen and oxygen atoms in total. The smallest absolute Gasteiger partial charge is 0.0748 e. The number of nitrogens with two attached hydrogens (primary N) is 1. The van der Waals surface area contributed by atoms with Crippen molar-refractivity contribution in [1.29, 1.82) is 0 Å². The van der Waals surface area contributed by atoms with E-state index in [0.717, 1.165) is 33.0 Å². The van der Waals surface area contributed by atoms with E-state index in [1.165, 1.54) is 16.9 Å². The molecule has 2 N–H and O–H groups in total. The largest absolute Gasteiger partial charge is 0.399 e. The molecule has 33 heavy (non-hydrogen) atoms. The highest BCUT2D eigenvalue weighted by atomic mass is 127. The van der Waals surface area contributed by atoms with Crippen molar-refractivity contribution in [2.75, 3.05) is 39.1 Å². The van der Waals surface area contributed by atoms with E-state index in [0.29, 0.717) is 0 Å². The van der Waals surface area contributed by atoms with Crippen LogP contribution in [0.1, 0.15) is 5.56 Å². The van der Waals surface area contributed by atoms with E-state index in [-0.39, 0.29) is 0 Å². The number of alkyl halides is 1. The quantitative estimate of drug-likeness (QED) is 0.111. The third kappa shape index (κ3) is 5.25. The Labute approximate surface area is 210 Å². The minimum absolute atomic E-state index is 0.774. The molecule has 0 aliphatic heterocycles. The van der Waals surface area contributed by atoms with Crippen LogP contribution < -0.4 is 20.4 Å².